The molecule has 0 aliphatic carbocycles. The van der Waals surface area contributed by atoms with Gasteiger partial charge in [0.05, 0.1) is 6.61 Å². The van der Waals surface area contributed by atoms with E-state index >= 15 is 0 Å². The third-order valence-corrected chi connectivity index (χ3v) is 3.91. The van der Waals surface area contributed by atoms with E-state index in [1.165, 1.54) is 5.56 Å². The van der Waals surface area contributed by atoms with Gasteiger partial charge in [-0.15, -0.1) is 0 Å². The van der Waals surface area contributed by atoms with Gasteiger partial charge in [-0.05, 0) is 50.4 Å². The molecule has 1 aliphatic heterocycles. The highest BCUT2D eigenvalue weighted by molar-refractivity contribution is 5.81. The summed E-state index contributed by atoms with van der Waals surface area (Å²) in [4.78, 5) is 12.0. The van der Waals surface area contributed by atoms with Crippen molar-refractivity contribution >= 4 is 5.78 Å². The van der Waals surface area contributed by atoms with E-state index in [0.29, 0.717) is 18.8 Å². The van der Waals surface area contributed by atoms with Crippen LogP contribution < -0.4 is 10.1 Å². The summed E-state index contributed by atoms with van der Waals surface area (Å²) in [5.74, 6) is 1.42. The third kappa shape index (κ3) is 3.80. The number of Topliss-reactive ketones (excluding diaryl/α,β-unsaturated/α-hetero) is 1. The fourth-order valence-electron chi connectivity index (χ4n) is 2.47. The lowest BCUT2D eigenvalue weighted by Gasteiger charge is -2.21. The number of hydrogen-bond donors (Lipinski definition) is 1. The minimum Gasteiger partial charge on any atom is -0.493 e. The molecule has 104 valence electrons. The highest BCUT2D eigenvalue weighted by Crippen LogP contribution is 2.21. The van der Waals surface area contributed by atoms with E-state index in [0.717, 1.165) is 37.2 Å². The van der Waals surface area contributed by atoms with Crippen LogP contribution in [0, 0.1) is 19.8 Å². The van der Waals surface area contributed by atoms with Gasteiger partial charge in [-0.3, -0.25) is 4.79 Å². The van der Waals surface area contributed by atoms with Gasteiger partial charge in [0.15, 0.2) is 0 Å². The zero-order chi connectivity index (χ0) is 13.7. The molecule has 3 nitrogen and oxygen atoms in total. The van der Waals surface area contributed by atoms with Crippen LogP contribution in [-0.2, 0) is 4.79 Å². The Bertz CT molecular complexity index is 436. The second kappa shape index (κ2) is 6.71. The molecule has 0 radical (unpaired) electrons. The predicted molar refractivity (Wildman–Crippen MR) is 76.6 cm³/mol. The molecule has 1 heterocycles. The van der Waals surface area contributed by atoms with Crippen LogP contribution >= 0.6 is 0 Å². The van der Waals surface area contributed by atoms with Gasteiger partial charge in [-0.25, -0.2) is 0 Å². The van der Waals surface area contributed by atoms with Gasteiger partial charge in [0.2, 0.25) is 0 Å². The van der Waals surface area contributed by atoms with Crippen LogP contribution in [0.25, 0.3) is 0 Å². The Morgan fingerprint density at radius 1 is 1.42 bits per heavy atom. The normalized spacial score (nSPS) is 19.2. The minimum absolute atomic E-state index is 0.191. The monoisotopic (exact) mass is 261 g/mol. The Labute approximate surface area is 115 Å². The average Bonchev–Trinajstić information content (AvgIpc) is 2.44. The Kier molecular flexibility index (Phi) is 4.97. The van der Waals surface area contributed by atoms with E-state index in [-0.39, 0.29) is 5.92 Å². The largest absolute Gasteiger partial charge is 0.493 e. The molecule has 1 aliphatic rings. The maximum atomic E-state index is 12.0. The maximum absolute atomic E-state index is 12.0. The van der Waals surface area contributed by atoms with Crippen molar-refractivity contribution in [1.29, 1.82) is 0 Å². The van der Waals surface area contributed by atoms with Crippen LogP contribution in [0.1, 0.15) is 30.4 Å². The summed E-state index contributed by atoms with van der Waals surface area (Å²) < 4.78 is 5.74. The molecule has 3 heteroatoms. The number of carbonyl (C=O) groups is 1. The summed E-state index contributed by atoms with van der Waals surface area (Å²) in [6.45, 7) is 6.49. The molecule has 0 spiro atoms. The van der Waals surface area contributed by atoms with Crippen LogP contribution in [0.2, 0.25) is 0 Å². The SMILES string of the molecule is Cc1cccc(OCCC(=O)C2CCCNC2)c1C. The van der Waals surface area contributed by atoms with Crippen molar-refractivity contribution in [2.45, 2.75) is 33.1 Å². The molecule has 1 fully saturated rings. The maximum Gasteiger partial charge on any atom is 0.140 e. The Morgan fingerprint density at radius 3 is 3.00 bits per heavy atom. The first-order valence-corrected chi connectivity index (χ1v) is 7.11. The number of nitrogens with one attached hydrogen (secondary N) is 1. The van der Waals surface area contributed by atoms with E-state index in [1.807, 2.05) is 12.1 Å². The van der Waals surface area contributed by atoms with Gasteiger partial charge in [0, 0.05) is 18.9 Å². The Morgan fingerprint density at radius 2 is 2.26 bits per heavy atom. The molecular weight excluding hydrogens is 238 g/mol. The summed E-state index contributed by atoms with van der Waals surface area (Å²) in [7, 11) is 0. The van der Waals surface area contributed by atoms with E-state index < -0.39 is 0 Å². The smallest absolute Gasteiger partial charge is 0.140 e. The summed E-state index contributed by atoms with van der Waals surface area (Å²) >= 11 is 0. The van der Waals surface area contributed by atoms with E-state index in [4.69, 9.17) is 4.74 Å². The lowest BCUT2D eigenvalue weighted by Crippen LogP contribution is -2.34. The molecule has 1 atom stereocenters. The molecule has 0 saturated carbocycles. The number of hydrogen-bond acceptors (Lipinski definition) is 3. The second-order valence-corrected chi connectivity index (χ2v) is 5.31. The van der Waals surface area contributed by atoms with Crippen LogP contribution in [0.3, 0.4) is 0 Å². The highest BCUT2D eigenvalue weighted by Gasteiger charge is 2.20. The zero-order valence-electron chi connectivity index (χ0n) is 11.9. The number of ketones is 1. The second-order valence-electron chi connectivity index (χ2n) is 5.31. The van der Waals surface area contributed by atoms with Crippen molar-refractivity contribution < 1.29 is 9.53 Å². The van der Waals surface area contributed by atoms with Gasteiger partial charge in [-0.2, -0.15) is 0 Å². The average molecular weight is 261 g/mol. The first-order chi connectivity index (χ1) is 9.18. The van der Waals surface area contributed by atoms with Gasteiger partial charge in [0.25, 0.3) is 0 Å². The molecule has 19 heavy (non-hydrogen) atoms. The van der Waals surface area contributed by atoms with Crippen molar-refractivity contribution in [3.8, 4) is 5.75 Å². The number of rotatable bonds is 5. The summed E-state index contributed by atoms with van der Waals surface area (Å²) in [6, 6.07) is 6.03. The quantitative estimate of drug-likeness (QED) is 0.885. The third-order valence-electron chi connectivity index (χ3n) is 3.91. The van der Waals surface area contributed by atoms with Crippen molar-refractivity contribution in [2.24, 2.45) is 5.92 Å². The fraction of sp³-hybridized carbons (Fsp3) is 0.562. The summed E-state index contributed by atoms with van der Waals surface area (Å²) in [5.41, 5.74) is 2.38. The van der Waals surface area contributed by atoms with E-state index in [9.17, 15) is 4.79 Å². The molecule has 0 amide bonds. The van der Waals surface area contributed by atoms with Gasteiger partial charge in [0.1, 0.15) is 11.5 Å². The standard InChI is InChI=1S/C16H23NO2/c1-12-5-3-7-16(13(12)2)19-10-8-15(18)14-6-4-9-17-11-14/h3,5,7,14,17H,4,6,8-11H2,1-2H3. The summed E-state index contributed by atoms with van der Waals surface area (Å²) in [6.07, 6.45) is 2.64. The molecule has 1 unspecified atom stereocenters. The fourth-order valence-corrected chi connectivity index (χ4v) is 2.47. The van der Waals surface area contributed by atoms with Crippen molar-refractivity contribution in [1.82, 2.24) is 5.32 Å². The first-order valence-electron chi connectivity index (χ1n) is 7.11. The van der Waals surface area contributed by atoms with Crippen molar-refractivity contribution in [3.63, 3.8) is 0 Å². The van der Waals surface area contributed by atoms with E-state index in [1.54, 1.807) is 0 Å². The van der Waals surface area contributed by atoms with Crippen molar-refractivity contribution in [3.05, 3.63) is 29.3 Å². The molecule has 0 bridgehead atoms. The van der Waals surface area contributed by atoms with Crippen LogP contribution in [0.15, 0.2) is 18.2 Å². The Balaban J connectivity index is 1.79. The molecule has 1 N–H and O–H groups in total. The van der Waals surface area contributed by atoms with Gasteiger partial charge >= 0.3 is 0 Å². The van der Waals surface area contributed by atoms with Crippen LogP contribution in [-0.4, -0.2) is 25.5 Å². The van der Waals surface area contributed by atoms with Crippen molar-refractivity contribution in [2.75, 3.05) is 19.7 Å². The van der Waals surface area contributed by atoms with Gasteiger partial charge < -0.3 is 10.1 Å². The lowest BCUT2D eigenvalue weighted by atomic mass is 9.94. The molecule has 2 rings (SSSR count). The lowest BCUT2D eigenvalue weighted by molar-refractivity contribution is -0.123. The summed E-state index contributed by atoms with van der Waals surface area (Å²) in [5, 5.41) is 3.28. The number of aryl methyl sites for hydroxylation is 1. The number of piperidine rings is 1. The molecule has 1 aromatic rings. The minimum atomic E-state index is 0.191. The van der Waals surface area contributed by atoms with Crippen LogP contribution in [0.4, 0.5) is 0 Å². The Hall–Kier alpha value is -1.35. The number of carbonyl (C=O) groups excluding carboxylic acids is 1. The van der Waals surface area contributed by atoms with Crippen LogP contribution in [0.5, 0.6) is 5.75 Å². The van der Waals surface area contributed by atoms with Gasteiger partial charge in [-0.1, -0.05) is 12.1 Å². The molecule has 0 aromatic heterocycles. The topological polar surface area (TPSA) is 38.3 Å². The number of benzene rings is 1. The molecule has 1 aromatic carbocycles. The zero-order valence-corrected chi connectivity index (χ0v) is 11.9. The first kappa shape index (κ1) is 14.1. The molecular formula is C16H23NO2. The van der Waals surface area contributed by atoms with E-state index in [2.05, 4.69) is 25.2 Å². The number of ether oxygens (including phenoxy) is 1. The molecule has 1 saturated heterocycles. The predicted octanol–water partition coefficient (Wildman–Crippen LogP) is 2.64. The highest BCUT2D eigenvalue weighted by atomic mass is 16.5.